The molecular weight excluding hydrogens is 270 g/mol. The van der Waals surface area contributed by atoms with Crippen molar-refractivity contribution in [1.29, 1.82) is 0 Å². The van der Waals surface area contributed by atoms with Gasteiger partial charge in [-0.2, -0.15) is 5.10 Å². The lowest BCUT2D eigenvalue weighted by Gasteiger charge is -2.33. The Balaban J connectivity index is 2.21. The molecule has 0 saturated carbocycles. The average molecular weight is 293 g/mol. The van der Waals surface area contributed by atoms with Crippen LogP contribution in [0.3, 0.4) is 0 Å². The number of carbonyl (C=O) groups is 2. The molecule has 1 unspecified atom stereocenters. The summed E-state index contributed by atoms with van der Waals surface area (Å²) >= 11 is 0. The van der Waals surface area contributed by atoms with E-state index in [-0.39, 0.29) is 11.9 Å². The molecule has 1 saturated heterocycles. The lowest BCUT2D eigenvalue weighted by molar-refractivity contribution is -0.149. The number of ether oxygens (including phenoxy) is 1. The fourth-order valence-corrected chi connectivity index (χ4v) is 2.70. The predicted octanol–water partition coefficient (Wildman–Crippen LogP) is 1.54. The van der Waals surface area contributed by atoms with Gasteiger partial charge in [-0.1, -0.05) is 6.92 Å². The summed E-state index contributed by atoms with van der Waals surface area (Å²) in [5.41, 5.74) is 1.41. The molecule has 0 spiro atoms. The van der Waals surface area contributed by atoms with Crippen molar-refractivity contribution in [2.75, 3.05) is 13.2 Å². The molecule has 116 valence electrons. The number of likely N-dealkylation sites (tertiary alicyclic amines) is 1. The molecule has 0 aromatic carbocycles. The highest BCUT2D eigenvalue weighted by atomic mass is 16.5. The molecule has 0 aliphatic carbocycles. The van der Waals surface area contributed by atoms with Gasteiger partial charge in [-0.25, -0.2) is 4.79 Å². The van der Waals surface area contributed by atoms with Crippen molar-refractivity contribution in [2.45, 2.75) is 45.6 Å². The largest absolute Gasteiger partial charge is 0.464 e. The SMILES string of the molecule is CCOC(=O)C1CCCCN1C(=O)c1cc(CC)nn1C. The van der Waals surface area contributed by atoms with Gasteiger partial charge >= 0.3 is 5.97 Å². The number of rotatable bonds is 4. The van der Waals surface area contributed by atoms with E-state index in [4.69, 9.17) is 4.74 Å². The first kappa shape index (κ1) is 15.5. The van der Waals surface area contributed by atoms with E-state index in [0.29, 0.717) is 25.3 Å². The number of hydrogen-bond donors (Lipinski definition) is 0. The third-order valence-corrected chi connectivity index (χ3v) is 3.83. The van der Waals surface area contributed by atoms with Crippen LogP contribution >= 0.6 is 0 Å². The fraction of sp³-hybridized carbons (Fsp3) is 0.667. The first-order valence-electron chi connectivity index (χ1n) is 7.59. The van der Waals surface area contributed by atoms with Gasteiger partial charge in [0.2, 0.25) is 0 Å². The zero-order valence-electron chi connectivity index (χ0n) is 13.0. The summed E-state index contributed by atoms with van der Waals surface area (Å²) in [5, 5.41) is 4.30. The molecule has 1 aliphatic heterocycles. The molecule has 2 rings (SSSR count). The van der Waals surface area contributed by atoms with Crippen LogP contribution in [-0.2, 0) is 23.0 Å². The Labute approximate surface area is 125 Å². The Hall–Kier alpha value is -1.85. The summed E-state index contributed by atoms with van der Waals surface area (Å²) in [7, 11) is 1.76. The van der Waals surface area contributed by atoms with Crippen LogP contribution < -0.4 is 0 Å². The Kier molecular flexibility index (Phi) is 4.98. The van der Waals surface area contributed by atoms with E-state index in [0.717, 1.165) is 25.0 Å². The second kappa shape index (κ2) is 6.74. The molecule has 0 N–H and O–H groups in total. The zero-order chi connectivity index (χ0) is 15.4. The van der Waals surface area contributed by atoms with E-state index in [2.05, 4.69) is 5.10 Å². The summed E-state index contributed by atoms with van der Waals surface area (Å²) in [5.74, 6) is -0.439. The second-order valence-electron chi connectivity index (χ2n) is 5.26. The molecule has 21 heavy (non-hydrogen) atoms. The number of hydrogen-bond acceptors (Lipinski definition) is 4. The minimum atomic E-state index is -0.467. The van der Waals surface area contributed by atoms with Crippen molar-refractivity contribution >= 4 is 11.9 Å². The highest BCUT2D eigenvalue weighted by Crippen LogP contribution is 2.21. The molecule has 1 aliphatic rings. The van der Waals surface area contributed by atoms with Crippen molar-refractivity contribution in [2.24, 2.45) is 7.05 Å². The summed E-state index contributed by atoms with van der Waals surface area (Å²) in [6.45, 7) is 4.71. The van der Waals surface area contributed by atoms with Gasteiger partial charge in [0, 0.05) is 13.6 Å². The van der Waals surface area contributed by atoms with Crippen LogP contribution in [0.2, 0.25) is 0 Å². The van der Waals surface area contributed by atoms with Crippen molar-refractivity contribution in [3.05, 3.63) is 17.5 Å². The first-order valence-corrected chi connectivity index (χ1v) is 7.59. The van der Waals surface area contributed by atoms with Crippen molar-refractivity contribution in [3.8, 4) is 0 Å². The average Bonchev–Trinajstić information content (AvgIpc) is 2.88. The highest BCUT2D eigenvalue weighted by molar-refractivity contribution is 5.95. The number of nitrogens with zero attached hydrogens (tertiary/aromatic N) is 3. The monoisotopic (exact) mass is 293 g/mol. The Morgan fingerprint density at radius 3 is 2.76 bits per heavy atom. The number of aromatic nitrogens is 2. The van der Waals surface area contributed by atoms with E-state index < -0.39 is 6.04 Å². The summed E-state index contributed by atoms with van der Waals surface area (Å²) in [6.07, 6.45) is 3.31. The van der Waals surface area contributed by atoms with E-state index in [9.17, 15) is 9.59 Å². The van der Waals surface area contributed by atoms with Crippen LogP contribution in [0.4, 0.5) is 0 Å². The molecule has 1 atom stereocenters. The molecule has 1 fully saturated rings. The maximum atomic E-state index is 12.7. The Morgan fingerprint density at radius 1 is 1.38 bits per heavy atom. The molecule has 1 amide bonds. The van der Waals surface area contributed by atoms with Gasteiger partial charge in [-0.3, -0.25) is 9.48 Å². The number of esters is 1. The van der Waals surface area contributed by atoms with Crippen LogP contribution in [0.1, 0.15) is 49.3 Å². The number of amides is 1. The quantitative estimate of drug-likeness (QED) is 0.790. The smallest absolute Gasteiger partial charge is 0.328 e. The van der Waals surface area contributed by atoms with Crippen LogP contribution in [0.15, 0.2) is 6.07 Å². The Bertz CT molecular complexity index is 524. The molecule has 1 aromatic heterocycles. The molecule has 2 heterocycles. The molecule has 0 bridgehead atoms. The summed E-state index contributed by atoms with van der Waals surface area (Å²) in [6, 6.07) is 1.34. The fourth-order valence-electron chi connectivity index (χ4n) is 2.70. The van der Waals surface area contributed by atoms with Crippen molar-refractivity contribution < 1.29 is 14.3 Å². The van der Waals surface area contributed by atoms with Crippen LogP contribution in [0.25, 0.3) is 0 Å². The van der Waals surface area contributed by atoms with E-state index in [1.165, 1.54) is 0 Å². The lowest BCUT2D eigenvalue weighted by atomic mass is 10.0. The van der Waals surface area contributed by atoms with Crippen LogP contribution in [-0.4, -0.2) is 45.8 Å². The lowest BCUT2D eigenvalue weighted by Crippen LogP contribution is -2.49. The third kappa shape index (κ3) is 3.25. The predicted molar refractivity (Wildman–Crippen MR) is 77.9 cm³/mol. The van der Waals surface area contributed by atoms with E-state index >= 15 is 0 Å². The molecule has 0 radical (unpaired) electrons. The van der Waals surface area contributed by atoms with Gasteiger partial charge in [-0.15, -0.1) is 0 Å². The maximum absolute atomic E-state index is 12.7. The van der Waals surface area contributed by atoms with Gasteiger partial charge in [0.05, 0.1) is 12.3 Å². The first-order chi connectivity index (χ1) is 10.1. The number of carbonyl (C=O) groups excluding carboxylic acids is 2. The molecular formula is C15H23N3O3. The van der Waals surface area contributed by atoms with Crippen LogP contribution in [0.5, 0.6) is 0 Å². The number of aryl methyl sites for hydroxylation is 2. The van der Waals surface area contributed by atoms with Gasteiger partial charge in [0.25, 0.3) is 5.91 Å². The normalized spacial score (nSPS) is 18.6. The van der Waals surface area contributed by atoms with Gasteiger partial charge < -0.3 is 9.64 Å². The van der Waals surface area contributed by atoms with Gasteiger partial charge in [0.15, 0.2) is 0 Å². The molecule has 6 nitrogen and oxygen atoms in total. The standard InChI is InChI=1S/C15H23N3O3/c1-4-11-10-13(17(3)16-11)14(19)18-9-7-6-8-12(18)15(20)21-5-2/h10,12H,4-9H2,1-3H3. The van der Waals surface area contributed by atoms with Gasteiger partial charge in [-0.05, 0) is 38.7 Å². The topological polar surface area (TPSA) is 64.4 Å². The van der Waals surface area contributed by atoms with Crippen molar-refractivity contribution in [1.82, 2.24) is 14.7 Å². The van der Waals surface area contributed by atoms with E-state index in [1.54, 1.807) is 29.6 Å². The van der Waals surface area contributed by atoms with E-state index in [1.807, 2.05) is 6.92 Å². The highest BCUT2D eigenvalue weighted by Gasteiger charge is 2.34. The zero-order valence-corrected chi connectivity index (χ0v) is 13.0. The maximum Gasteiger partial charge on any atom is 0.328 e. The third-order valence-electron chi connectivity index (χ3n) is 3.83. The molecule has 1 aromatic rings. The minimum absolute atomic E-state index is 0.137. The second-order valence-corrected chi connectivity index (χ2v) is 5.26. The van der Waals surface area contributed by atoms with Crippen LogP contribution in [0, 0.1) is 0 Å². The minimum Gasteiger partial charge on any atom is -0.464 e. The summed E-state index contributed by atoms with van der Waals surface area (Å²) < 4.78 is 6.69. The number of piperidine rings is 1. The summed E-state index contributed by atoms with van der Waals surface area (Å²) in [4.78, 5) is 26.4. The van der Waals surface area contributed by atoms with Crippen molar-refractivity contribution in [3.63, 3.8) is 0 Å². The Morgan fingerprint density at radius 2 is 2.14 bits per heavy atom. The van der Waals surface area contributed by atoms with Gasteiger partial charge in [0.1, 0.15) is 11.7 Å². The molecule has 6 heteroatoms.